The fraction of sp³-hybridized carbons (Fsp3) is 0.667. The Hall–Kier alpha value is -1.92. The molecule has 2 rings (SSSR count). The van der Waals surface area contributed by atoms with Crippen molar-refractivity contribution in [3.05, 3.63) is 35.9 Å². The first kappa shape index (κ1) is 24.4. The van der Waals surface area contributed by atoms with Crippen molar-refractivity contribution in [2.24, 2.45) is 5.92 Å². The summed E-state index contributed by atoms with van der Waals surface area (Å²) < 4.78 is 22.2. The number of rotatable bonds is 13. The Morgan fingerprint density at radius 2 is 1.83 bits per heavy atom. The largest absolute Gasteiger partial charge is 0.466 e. The summed E-state index contributed by atoms with van der Waals surface area (Å²) in [5.74, 6) is -0.732. The molecule has 0 aliphatic carbocycles. The molecule has 0 radical (unpaired) electrons. The highest BCUT2D eigenvalue weighted by molar-refractivity contribution is 5.89. The van der Waals surface area contributed by atoms with Gasteiger partial charge in [0.25, 0.3) is 0 Å². The summed E-state index contributed by atoms with van der Waals surface area (Å²) in [6.07, 6.45) is 5.97. The van der Waals surface area contributed by atoms with E-state index in [9.17, 15) is 9.59 Å². The van der Waals surface area contributed by atoms with Gasteiger partial charge in [-0.2, -0.15) is 0 Å². The molecule has 30 heavy (non-hydrogen) atoms. The second-order valence-electron chi connectivity index (χ2n) is 8.47. The molecule has 1 fully saturated rings. The van der Waals surface area contributed by atoms with Crippen LogP contribution in [0.4, 0.5) is 0 Å². The van der Waals surface area contributed by atoms with Crippen LogP contribution >= 0.6 is 0 Å². The number of hydrogen-bond donors (Lipinski definition) is 0. The molecule has 1 aliphatic heterocycles. The van der Waals surface area contributed by atoms with E-state index < -0.39 is 5.79 Å². The Balaban J connectivity index is 1.56. The number of esters is 2. The third-order valence-electron chi connectivity index (χ3n) is 5.12. The maximum Gasteiger partial charge on any atom is 0.338 e. The molecule has 6 heteroatoms. The van der Waals surface area contributed by atoms with Crippen molar-refractivity contribution in [1.82, 2.24) is 0 Å². The lowest BCUT2D eigenvalue weighted by molar-refractivity contribution is -0.170. The summed E-state index contributed by atoms with van der Waals surface area (Å²) in [6.45, 7) is 7.18. The topological polar surface area (TPSA) is 71.1 Å². The van der Waals surface area contributed by atoms with Crippen molar-refractivity contribution in [3.63, 3.8) is 0 Å². The predicted octanol–water partition coefficient (Wildman–Crippen LogP) is 4.90. The van der Waals surface area contributed by atoms with E-state index >= 15 is 0 Å². The van der Waals surface area contributed by atoms with Gasteiger partial charge in [0.1, 0.15) is 12.7 Å². The number of hydrogen-bond acceptors (Lipinski definition) is 6. The molecule has 0 aromatic heterocycles. The van der Waals surface area contributed by atoms with Crippen LogP contribution in [0.2, 0.25) is 0 Å². The van der Waals surface area contributed by atoms with Crippen LogP contribution in [0.3, 0.4) is 0 Å². The molecule has 2 unspecified atom stereocenters. The first-order valence-corrected chi connectivity index (χ1v) is 11.1. The molecule has 1 saturated heterocycles. The third-order valence-corrected chi connectivity index (χ3v) is 5.12. The Morgan fingerprint density at radius 1 is 1.10 bits per heavy atom. The van der Waals surface area contributed by atoms with Gasteiger partial charge in [0.2, 0.25) is 0 Å². The number of ether oxygens (including phenoxy) is 4. The van der Waals surface area contributed by atoms with E-state index in [1.165, 1.54) is 19.3 Å². The molecule has 168 valence electrons. The van der Waals surface area contributed by atoms with Crippen molar-refractivity contribution >= 4 is 11.9 Å². The van der Waals surface area contributed by atoms with Gasteiger partial charge >= 0.3 is 11.9 Å². The average Bonchev–Trinajstić information content (AvgIpc) is 3.11. The van der Waals surface area contributed by atoms with Crippen molar-refractivity contribution in [2.75, 3.05) is 19.8 Å². The van der Waals surface area contributed by atoms with Crippen LogP contribution in [0.15, 0.2) is 30.3 Å². The van der Waals surface area contributed by atoms with E-state index in [-0.39, 0.29) is 31.1 Å². The molecular formula is C24H36O6. The molecule has 0 amide bonds. The van der Waals surface area contributed by atoms with Gasteiger partial charge in [0.05, 0.1) is 25.2 Å². The SMILES string of the molecule is CC(C)CCCCCCOC(=O)CCC1(C)OCC(COC(=O)c2ccccc2)O1. The Labute approximate surface area is 180 Å². The summed E-state index contributed by atoms with van der Waals surface area (Å²) in [7, 11) is 0. The molecule has 6 nitrogen and oxygen atoms in total. The highest BCUT2D eigenvalue weighted by atomic mass is 16.7. The lowest BCUT2D eigenvalue weighted by Gasteiger charge is -2.22. The molecule has 0 N–H and O–H groups in total. The predicted molar refractivity (Wildman–Crippen MR) is 114 cm³/mol. The van der Waals surface area contributed by atoms with Gasteiger partial charge in [-0.1, -0.05) is 57.7 Å². The molecule has 1 aromatic carbocycles. The standard InChI is InChI=1S/C24H36O6/c1-19(2)11-7-4-5-10-16-27-22(25)14-15-24(3)29-18-21(30-24)17-28-23(26)20-12-8-6-9-13-20/h6,8-9,12-13,19,21H,4-5,7,10-11,14-18H2,1-3H3. The third kappa shape index (κ3) is 9.26. The van der Waals surface area contributed by atoms with Gasteiger partial charge in [0, 0.05) is 6.42 Å². The normalized spacial score (nSPS) is 21.0. The molecule has 0 bridgehead atoms. The van der Waals surface area contributed by atoms with Crippen molar-refractivity contribution in [3.8, 4) is 0 Å². The van der Waals surface area contributed by atoms with E-state index in [1.54, 1.807) is 31.2 Å². The highest BCUT2D eigenvalue weighted by Crippen LogP contribution is 2.28. The van der Waals surface area contributed by atoms with Crippen LogP contribution in [-0.4, -0.2) is 43.7 Å². The highest BCUT2D eigenvalue weighted by Gasteiger charge is 2.38. The summed E-state index contributed by atoms with van der Waals surface area (Å²) in [4.78, 5) is 24.0. The van der Waals surface area contributed by atoms with E-state index in [0.717, 1.165) is 18.8 Å². The number of carbonyl (C=O) groups is 2. The van der Waals surface area contributed by atoms with Gasteiger partial charge < -0.3 is 18.9 Å². The fourth-order valence-corrected chi connectivity index (χ4v) is 3.32. The second-order valence-corrected chi connectivity index (χ2v) is 8.47. The minimum absolute atomic E-state index is 0.116. The molecule has 0 spiro atoms. The Bertz CT molecular complexity index is 644. The van der Waals surface area contributed by atoms with E-state index in [4.69, 9.17) is 18.9 Å². The first-order valence-electron chi connectivity index (χ1n) is 11.1. The molecule has 1 heterocycles. The summed E-state index contributed by atoms with van der Waals surface area (Å²) >= 11 is 0. The number of benzene rings is 1. The maximum atomic E-state index is 12.0. The zero-order chi connectivity index (χ0) is 21.8. The van der Waals surface area contributed by atoms with Crippen LogP contribution in [0, 0.1) is 5.92 Å². The number of carbonyl (C=O) groups excluding carboxylic acids is 2. The lowest BCUT2D eigenvalue weighted by atomic mass is 10.0. The van der Waals surface area contributed by atoms with E-state index in [2.05, 4.69) is 13.8 Å². The summed E-state index contributed by atoms with van der Waals surface area (Å²) in [5.41, 5.74) is 0.502. The van der Waals surface area contributed by atoms with Gasteiger partial charge in [-0.25, -0.2) is 4.79 Å². The fourth-order valence-electron chi connectivity index (χ4n) is 3.32. The minimum atomic E-state index is -0.861. The van der Waals surface area contributed by atoms with Crippen molar-refractivity contribution < 1.29 is 28.5 Å². The lowest BCUT2D eigenvalue weighted by Crippen LogP contribution is -2.29. The molecule has 0 saturated carbocycles. The molecule has 1 aliphatic rings. The molecule has 1 aromatic rings. The van der Waals surface area contributed by atoms with Gasteiger partial charge in [0.15, 0.2) is 5.79 Å². The zero-order valence-electron chi connectivity index (χ0n) is 18.6. The average molecular weight is 421 g/mol. The monoisotopic (exact) mass is 420 g/mol. The van der Waals surface area contributed by atoms with Gasteiger partial charge in [-0.15, -0.1) is 0 Å². The van der Waals surface area contributed by atoms with Crippen LogP contribution in [0.25, 0.3) is 0 Å². The summed E-state index contributed by atoms with van der Waals surface area (Å²) in [5, 5.41) is 0. The number of unbranched alkanes of at least 4 members (excludes halogenated alkanes) is 3. The van der Waals surface area contributed by atoms with Gasteiger partial charge in [-0.05, 0) is 31.4 Å². The van der Waals surface area contributed by atoms with Crippen molar-refractivity contribution in [1.29, 1.82) is 0 Å². The zero-order valence-corrected chi connectivity index (χ0v) is 18.6. The summed E-state index contributed by atoms with van der Waals surface area (Å²) in [6, 6.07) is 8.82. The first-order chi connectivity index (χ1) is 14.4. The molecular weight excluding hydrogens is 384 g/mol. The quantitative estimate of drug-likeness (QED) is 0.334. The van der Waals surface area contributed by atoms with Crippen LogP contribution in [0.5, 0.6) is 0 Å². The Kier molecular flexibility index (Phi) is 10.3. The molecule has 2 atom stereocenters. The second kappa shape index (κ2) is 12.7. The minimum Gasteiger partial charge on any atom is -0.466 e. The van der Waals surface area contributed by atoms with E-state index in [0.29, 0.717) is 25.2 Å². The Morgan fingerprint density at radius 3 is 2.57 bits per heavy atom. The van der Waals surface area contributed by atoms with Crippen molar-refractivity contribution in [2.45, 2.75) is 77.6 Å². The van der Waals surface area contributed by atoms with Gasteiger partial charge in [-0.3, -0.25) is 4.79 Å². The van der Waals surface area contributed by atoms with E-state index in [1.807, 2.05) is 6.07 Å². The smallest absolute Gasteiger partial charge is 0.338 e. The van der Waals surface area contributed by atoms with Crippen LogP contribution in [0.1, 0.15) is 76.1 Å². The maximum absolute atomic E-state index is 12.0. The van der Waals surface area contributed by atoms with Crippen LogP contribution in [-0.2, 0) is 23.7 Å². The van der Waals surface area contributed by atoms with Crippen LogP contribution < -0.4 is 0 Å².